The van der Waals surface area contributed by atoms with Crippen LogP contribution in [0.4, 0.5) is 4.39 Å². The maximum atomic E-state index is 14.8. The van der Waals surface area contributed by atoms with Gasteiger partial charge in [0.1, 0.15) is 5.82 Å². The minimum absolute atomic E-state index is 0.0758. The number of carbonyl (C=O) groups excluding carboxylic acids is 1. The molecule has 35 heavy (non-hydrogen) atoms. The standard InChI is InChI=1S/C27H22FN5O2/c1-29-25(35)24(34)20-6-4-16(12-21(20)28)18-13-31-26-32-14-23(33(26)15-18)27(8-9-27)19-5-7-22-17(11-19)3-2-10-30-22/h2-7,10-15,24,34H,8-9H2,1H3,(H,29,35). The lowest BCUT2D eigenvalue weighted by Gasteiger charge is -2.17. The number of halogens is 1. The molecule has 174 valence electrons. The topological polar surface area (TPSA) is 92.4 Å². The fourth-order valence-corrected chi connectivity index (χ4v) is 4.77. The first kappa shape index (κ1) is 21.4. The fraction of sp³-hybridized carbons (Fsp3) is 0.185. The largest absolute Gasteiger partial charge is 0.378 e. The number of aromatic nitrogens is 4. The van der Waals surface area contributed by atoms with Gasteiger partial charge in [0.15, 0.2) is 6.10 Å². The lowest BCUT2D eigenvalue weighted by Crippen LogP contribution is -2.26. The average Bonchev–Trinajstić information content (AvgIpc) is 3.59. The summed E-state index contributed by atoms with van der Waals surface area (Å²) < 4.78 is 16.8. The molecule has 1 saturated carbocycles. The highest BCUT2D eigenvalue weighted by atomic mass is 19.1. The molecule has 1 fully saturated rings. The van der Waals surface area contributed by atoms with E-state index >= 15 is 0 Å². The van der Waals surface area contributed by atoms with Crippen molar-refractivity contribution in [3.05, 3.63) is 96.0 Å². The van der Waals surface area contributed by atoms with Gasteiger partial charge in [-0.1, -0.05) is 24.3 Å². The molecule has 2 aromatic carbocycles. The van der Waals surface area contributed by atoms with Gasteiger partial charge in [0, 0.05) is 47.6 Å². The number of benzene rings is 2. The number of hydrogen-bond donors (Lipinski definition) is 2. The molecule has 0 radical (unpaired) electrons. The molecule has 2 N–H and O–H groups in total. The van der Waals surface area contributed by atoms with Crippen LogP contribution in [0.25, 0.3) is 27.8 Å². The van der Waals surface area contributed by atoms with E-state index < -0.39 is 17.8 Å². The molecule has 5 aromatic rings. The summed E-state index contributed by atoms with van der Waals surface area (Å²) in [5.74, 6) is -0.750. The number of pyridine rings is 1. The number of likely N-dealkylation sites (N-methyl/N-ethyl adjacent to an activating group) is 1. The number of nitrogens with one attached hydrogen (secondary N) is 1. The van der Waals surface area contributed by atoms with Crippen molar-refractivity contribution in [3.63, 3.8) is 0 Å². The molecule has 0 spiro atoms. The van der Waals surface area contributed by atoms with Crippen LogP contribution in [-0.4, -0.2) is 37.4 Å². The summed E-state index contributed by atoms with van der Waals surface area (Å²) in [5.41, 5.74) is 4.27. The summed E-state index contributed by atoms with van der Waals surface area (Å²) in [6.07, 6.45) is 7.65. The van der Waals surface area contributed by atoms with Gasteiger partial charge in [0.2, 0.25) is 5.78 Å². The Bertz CT molecular complexity index is 1610. The van der Waals surface area contributed by atoms with Gasteiger partial charge in [0.05, 0.1) is 17.4 Å². The Morgan fingerprint density at radius 1 is 1.09 bits per heavy atom. The third-order valence-corrected chi connectivity index (χ3v) is 6.88. The molecule has 0 saturated heterocycles. The van der Waals surface area contributed by atoms with Crippen LogP contribution in [0.3, 0.4) is 0 Å². The molecule has 0 bridgehead atoms. The van der Waals surface area contributed by atoms with Crippen molar-refractivity contribution in [1.82, 2.24) is 24.7 Å². The molecule has 1 unspecified atom stereocenters. The van der Waals surface area contributed by atoms with Crippen LogP contribution in [0, 0.1) is 5.82 Å². The Kier molecular flexibility index (Phi) is 4.86. The Hall–Kier alpha value is -4.17. The fourth-order valence-electron chi connectivity index (χ4n) is 4.77. The van der Waals surface area contributed by atoms with Crippen molar-refractivity contribution in [2.24, 2.45) is 0 Å². The number of aliphatic hydroxyl groups is 1. The molecule has 8 heteroatoms. The highest BCUT2D eigenvalue weighted by Gasteiger charge is 2.48. The maximum absolute atomic E-state index is 14.8. The Labute approximate surface area is 200 Å². The number of fused-ring (bicyclic) bond motifs is 2. The Morgan fingerprint density at radius 2 is 1.91 bits per heavy atom. The van der Waals surface area contributed by atoms with Gasteiger partial charge in [-0.25, -0.2) is 14.4 Å². The van der Waals surface area contributed by atoms with E-state index in [0.717, 1.165) is 29.4 Å². The van der Waals surface area contributed by atoms with Crippen LogP contribution in [0.5, 0.6) is 0 Å². The quantitative estimate of drug-likeness (QED) is 0.409. The monoisotopic (exact) mass is 467 g/mol. The second kappa shape index (κ2) is 7.95. The molecule has 1 atom stereocenters. The number of rotatable bonds is 5. The minimum Gasteiger partial charge on any atom is -0.378 e. The molecule has 3 aromatic heterocycles. The van der Waals surface area contributed by atoms with E-state index in [1.165, 1.54) is 24.7 Å². The second-order valence-corrected chi connectivity index (χ2v) is 8.90. The third kappa shape index (κ3) is 3.45. The number of amides is 1. The zero-order valence-corrected chi connectivity index (χ0v) is 18.9. The first-order valence-corrected chi connectivity index (χ1v) is 11.4. The zero-order chi connectivity index (χ0) is 24.2. The highest BCUT2D eigenvalue weighted by Crippen LogP contribution is 2.53. The van der Waals surface area contributed by atoms with E-state index in [2.05, 4.69) is 44.5 Å². The third-order valence-electron chi connectivity index (χ3n) is 6.88. The minimum atomic E-state index is -1.57. The van der Waals surface area contributed by atoms with Crippen molar-refractivity contribution in [2.75, 3.05) is 7.05 Å². The lowest BCUT2D eigenvalue weighted by molar-refractivity contribution is -0.129. The molecular formula is C27H22FN5O2. The molecule has 6 rings (SSSR count). The molecular weight excluding hydrogens is 445 g/mol. The van der Waals surface area contributed by atoms with E-state index in [-0.39, 0.29) is 11.0 Å². The molecule has 1 aliphatic carbocycles. The number of imidazole rings is 1. The normalized spacial score (nSPS) is 15.3. The number of nitrogens with zero attached hydrogens (tertiary/aromatic N) is 4. The van der Waals surface area contributed by atoms with Crippen LogP contribution in [0.15, 0.2) is 73.3 Å². The van der Waals surface area contributed by atoms with E-state index in [0.29, 0.717) is 16.9 Å². The van der Waals surface area contributed by atoms with Crippen LogP contribution < -0.4 is 5.32 Å². The first-order chi connectivity index (χ1) is 17.0. The predicted molar refractivity (Wildman–Crippen MR) is 129 cm³/mol. The summed E-state index contributed by atoms with van der Waals surface area (Å²) >= 11 is 0. The second-order valence-electron chi connectivity index (χ2n) is 8.90. The van der Waals surface area contributed by atoms with E-state index in [1.54, 1.807) is 18.5 Å². The molecule has 3 heterocycles. The van der Waals surface area contributed by atoms with Crippen LogP contribution in [0.2, 0.25) is 0 Å². The zero-order valence-electron chi connectivity index (χ0n) is 18.9. The summed E-state index contributed by atoms with van der Waals surface area (Å²) in [5, 5.41) is 13.5. The predicted octanol–water partition coefficient (Wildman–Crippen LogP) is 3.94. The lowest BCUT2D eigenvalue weighted by atomic mass is 9.91. The average molecular weight is 468 g/mol. The molecule has 7 nitrogen and oxygen atoms in total. The maximum Gasteiger partial charge on any atom is 0.253 e. The molecule has 1 aliphatic rings. The molecule has 0 aliphatic heterocycles. The van der Waals surface area contributed by atoms with E-state index in [9.17, 15) is 14.3 Å². The Morgan fingerprint density at radius 3 is 2.69 bits per heavy atom. The van der Waals surface area contributed by atoms with Crippen LogP contribution in [-0.2, 0) is 10.2 Å². The van der Waals surface area contributed by atoms with Crippen molar-refractivity contribution < 1.29 is 14.3 Å². The van der Waals surface area contributed by atoms with Gasteiger partial charge in [-0.15, -0.1) is 0 Å². The Balaban J connectivity index is 1.40. The summed E-state index contributed by atoms with van der Waals surface area (Å²) in [7, 11) is 1.39. The van der Waals surface area contributed by atoms with Gasteiger partial charge in [-0.3, -0.25) is 14.2 Å². The van der Waals surface area contributed by atoms with Crippen molar-refractivity contribution in [3.8, 4) is 11.1 Å². The van der Waals surface area contributed by atoms with Crippen molar-refractivity contribution >= 4 is 22.6 Å². The van der Waals surface area contributed by atoms with Gasteiger partial charge in [-0.05, 0) is 48.2 Å². The van der Waals surface area contributed by atoms with Crippen LogP contribution in [0.1, 0.15) is 35.8 Å². The number of hydrogen-bond acceptors (Lipinski definition) is 5. The van der Waals surface area contributed by atoms with Crippen LogP contribution >= 0.6 is 0 Å². The highest BCUT2D eigenvalue weighted by molar-refractivity contribution is 5.82. The van der Waals surface area contributed by atoms with E-state index in [1.807, 2.05) is 22.9 Å². The summed E-state index contributed by atoms with van der Waals surface area (Å²) in [6.45, 7) is 0. The van der Waals surface area contributed by atoms with Crippen molar-refractivity contribution in [1.29, 1.82) is 0 Å². The van der Waals surface area contributed by atoms with Gasteiger partial charge in [0.25, 0.3) is 5.91 Å². The smallest absolute Gasteiger partial charge is 0.253 e. The van der Waals surface area contributed by atoms with E-state index in [4.69, 9.17) is 0 Å². The summed E-state index contributed by atoms with van der Waals surface area (Å²) in [6, 6.07) is 14.8. The van der Waals surface area contributed by atoms with Gasteiger partial charge < -0.3 is 10.4 Å². The number of carbonyl (C=O) groups is 1. The summed E-state index contributed by atoms with van der Waals surface area (Å²) in [4.78, 5) is 25.2. The molecule has 1 amide bonds. The van der Waals surface area contributed by atoms with Gasteiger partial charge >= 0.3 is 0 Å². The van der Waals surface area contributed by atoms with Crippen molar-refractivity contribution in [2.45, 2.75) is 24.4 Å². The first-order valence-electron chi connectivity index (χ1n) is 11.4. The SMILES string of the molecule is CNC(=O)C(O)c1ccc(-c2cnc3ncc(C4(c5ccc6ncccc6c5)CC4)n3c2)cc1F. The van der Waals surface area contributed by atoms with Gasteiger partial charge in [-0.2, -0.15) is 0 Å². The number of aliphatic hydroxyl groups excluding tert-OH is 1.